The van der Waals surface area contributed by atoms with Crippen molar-refractivity contribution < 1.29 is 14.3 Å². The van der Waals surface area contributed by atoms with E-state index in [-0.39, 0.29) is 0 Å². The summed E-state index contributed by atoms with van der Waals surface area (Å²) in [5, 5.41) is 3.77. The fourth-order valence-corrected chi connectivity index (χ4v) is 1.84. The number of ether oxygens (including phenoxy) is 2. The molecule has 1 aromatic rings. The summed E-state index contributed by atoms with van der Waals surface area (Å²) in [5.41, 5.74) is 0.377. The second-order valence-corrected chi connectivity index (χ2v) is 4.04. The van der Waals surface area contributed by atoms with Crippen molar-refractivity contribution in [3.05, 3.63) is 10.6 Å². The number of thiazole rings is 1. The van der Waals surface area contributed by atoms with Crippen LogP contribution in [0.2, 0.25) is 0 Å². The summed E-state index contributed by atoms with van der Waals surface area (Å²) >= 11 is 1.43. The lowest BCUT2D eigenvalue weighted by Gasteiger charge is -1.99. The maximum absolute atomic E-state index is 11.2. The molecule has 0 aromatic carbocycles. The Morgan fingerprint density at radius 2 is 2.27 bits per heavy atom. The molecule has 5 nitrogen and oxygen atoms in total. The van der Waals surface area contributed by atoms with Gasteiger partial charge in [-0.05, 0) is 6.92 Å². The fourth-order valence-electron chi connectivity index (χ4n) is 1.02. The molecule has 0 bridgehead atoms. The Balaban J connectivity index is 2.64. The summed E-state index contributed by atoms with van der Waals surface area (Å²) < 4.78 is 9.50. The first kappa shape index (κ1) is 11.9. The fraction of sp³-hybridized carbons (Fsp3) is 0.556. The number of hydrogen-bond acceptors (Lipinski definition) is 6. The lowest BCUT2D eigenvalue weighted by Crippen LogP contribution is -2.08. The number of carbonyl (C=O) groups excluding carboxylic acids is 1. The Kier molecular flexibility index (Phi) is 4.51. The molecule has 1 aromatic heterocycles. The molecule has 1 N–H and O–H groups in total. The summed E-state index contributed by atoms with van der Waals surface area (Å²) in [4.78, 5) is 16.2. The van der Waals surface area contributed by atoms with E-state index in [1.807, 2.05) is 6.92 Å². The average Bonchev–Trinajstić information content (AvgIpc) is 2.59. The molecule has 0 amide bonds. The zero-order valence-electron chi connectivity index (χ0n) is 8.99. The molecule has 0 radical (unpaired) electrons. The van der Waals surface area contributed by atoms with E-state index in [2.05, 4.69) is 15.0 Å². The molecule has 0 saturated carbocycles. The largest absolute Gasteiger partial charge is 0.464 e. The smallest absolute Gasteiger partial charge is 0.357 e. The van der Waals surface area contributed by atoms with Crippen LogP contribution in [0, 0.1) is 6.92 Å². The number of nitrogens with zero attached hydrogens (tertiary/aromatic N) is 1. The van der Waals surface area contributed by atoms with E-state index >= 15 is 0 Å². The monoisotopic (exact) mass is 230 g/mol. The molecule has 0 aliphatic heterocycles. The molecule has 0 aliphatic carbocycles. The second kappa shape index (κ2) is 5.67. The van der Waals surface area contributed by atoms with Gasteiger partial charge in [0, 0.05) is 18.5 Å². The molecule has 1 rings (SSSR count). The molecule has 0 atom stereocenters. The molecule has 15 heavy (non-hydrogen) atoms. The minimum Gasteiger partial charge on any atom is -0.464 e. The minimum absolute atomic E-state index is 0.377. The van der Waals surface area contributed by atoms with Crippen LogP contribution >= 0.6 is 11.3 Å². The number of anilines is 1. The summed E-state index contributed by atoms with van der Waals surface area (Å²) in [6, 6.07) is 0. The van der Waals surface area contributed by atoms with Crippen molar-refractivity contribution in [3.8, 4) is 0 Å². The first-order valence-corrected chi connectivity index (χ1v) is 5.29. The first-order valence-electron chi connectivity index (χ1n) is 4.47. The third kappa shape index (κ3) is 3.17. The zero-order valence-corrected chi connectivity index (χ0v) is 9.81. The zero-order chi connectivity index (χ0) is 11.3. The van der Waals surface area contributed by atoms with Gasteiger partial charge in [-0.1, -0.05) is 0 Å². The van der Waals surface area contributed by atoms with E-state index in [1.165, 1.54) is 18.4 Å². The minimum atomic E-state index is -0.399. The summed E-state index contributed by atoms with van der Waals surface area (Å²) in [5.74, 6) is -0.399. The molecule has 0 saturated heterocycles. The summed E-state index contributed by atoms with van der Waals surface area (Å²) in [6.45, 7) is 3.11. The highest BCUT2D eigenvalue weighted by Crippen LogP contribution is 2.22. The van der Waals surface area contributed by atoms with Crippen molar-refractivity contribution in [1.82, 2.24) is 4.98 Å². The molecule has 0 unspecified atom stereocenters. The van der Waals surface area contributed by atoms with Gasteiger partial charge in [-0.2, -0.15) is 0 Å². The van der Waals surface area contributed by atoms with Gasteiger partial charge < -0.3 is 14.8 Å². The number of carbonyl (C=O) groups is 1. The highest BCUT2D eigenvalue weighted by Gasteiger charge is 2.15. The van der Waals surface area contributed by atoms with E-state index in [0.717, 1.165) is 4.88 Å². The number of aromatic nitrogens is 1. The maximum Gasteiger partial charge on any atom is 0.357 e. The lowest BCUT2D eigenvalue weighted by molar-refractivity contribution is 0.0594. The summed E-state index contributed by atoms with van der Waals surface area (Å²) in [6.07, 6.45) is 0. The molecule has 1 heterocycles. The van der Waals surface area contributed by atoms with Gasteiger partial charge in [-0.25, -0.2) is 9.78 Å². The SMILES string of the molecule is COCCNc1nc(C(=O)OC)c(C)s1. The Morgan fingerprint density at radius 3 is 2.87 bits per heavy atom. The highest BCUT2D eigenvalue weighted by atomic mass is 32.1. The molecular formula is C9H14N2O3S. The van der Waals surface area contributed by atoms with E-state index < -0.39 is 5.97 Å². The van der Waals surface area contributed by atoms with Crippen molar-refractivity contribution in [2.45, 2.75) is 6.92 Å². The Bertz CT molecular complexity index is 338. The van der Waals surface area contributed by atoms with Crippen LogP contribution < -0.4 is 5.32 Å². The van der Waals surface area contributed by atoms with Crippen LogP contribution in [0.3, 0.4) is 0 Å². The molecule has 6 heteroatoms. The first-order chi connectivity index (χ1) is 7.19. The van der Waals surface area contributed by atoms with Gasteiger partial charge in [-0.15, -0.1) is 11.3 Å². The number of rotatable bonds is 5. The molecule has 0 spiro atoms. The summed E-state index contributed by atoms with van der Waals surface area (Å²) in [7, 11) is 2.98. The van der Waals surface area contributed by atoms with Crippen LogP contribution in [-0.4, -0.2) is 38.3 Å². The number of nitrogens with one attached hydrogen (secondary N) is 1. The Morgan fingerprint density at radius 1 is 1.53 bits per heavy atom. The van der Waals surface area contributed by atoms with Gasteiger partial charge in [0.1, 0.15) is 0 Å². The predicted octanol–water partition coefficient (Wildman–Crippen LogP) is 1.30. The molecule has 84 valence electrons. The van der Waals surface area contributed by atoms with E-state index in [9.17, 15) is 4.79 Å². The quantitative estimate of drug-likeness (QED) is 0.610. The van der Waals surface area contributed by atoms with Crippen molar-refractivity contribution >= 4 is 22.4 Å². The van der Waals surface area contributed by atoms with Crippen LogP contribution in [0.5, 0.6) is 0 Å². The van der Waals surface area contributed by atoms with E-state index in [4.69, 9.17) is 4.74 Å². The van der Waals surface area contributed by atoms with E-state index in [0.29, 0.717) is 24.0 Å². The topological polar surface area (TPSA) is 60.5 Å². The van der Waals surface area contributed by atoms with Crippen molar-refractivity contribution in [2.75, 3.05) is 32.7 Å². The van der Waals surface area contributed by atoms with Crippen molar-refractivity contribution in [1.29, 1.82) is 0 Å². The standard InChI is InChI=1S/C9H14N2O3S/c1-6-7(8(12)14-3)11-9(15-6)10-4-5-13-2/h4-5H2,1-3H3,(H,10,11). The number of methoxy groups -OCH3 is 2. The Labute approximate surface area is 92.4 Å². The van der Waals surface area contributed by atoms with Crippen LogP contribution in [-0.2, 0) is 9.47 Å². The van der Waals surface area contributed by atoms with Gasteiger partial charge in [-0.3, -0.25) is 0 Å². The lowest BCUT2D eigenvalue weighted by atomic mass is 10.4. The van der Waals surface area contributed by atoms with Gasteiger partial charge in [0.15, 0.2) is 10.8 Å². The third-order valence-electron chi connectivity index (χ3n) is 1.76. The van der Waals surface area contributed by atoms with Crippen molar-refractivity contribution in [2.24, 2.45) is 0 Å². The van der Waals surface area contributed by atoms with E-state index in [1.54, 1.807) is 7.11 Å². The predicted molar refractivity (Wildman–Crippen MR) is 58.6 cm³/mol. The maximum atomic E-state index is 11.2. The molecule has 0 aliphatic rings. The van der Waals surface area contributed by atoms with Gasteiger partial charge in [0.25, 0.3) is 0 Å². The van der Waals surface area contributed by atoms with Crippen LogP contribution in [0.4, 0.5) is 5.13 Å². The van der Waals surface area contributed by atoms with Gasteiger partial charge in [0.05, 0.1) is 13.7 Å². The molecular weight excluding hydrogens is 216 g/mol. The number of esters is 1. The normalized spacial score (nSPS) is 10.1. The number of aryl methyl sites for hydroxylation is 1. The number of hydrogen-bond donors (Lipinski definition) is 1. The second-order valence-electron chi connectivity index (χ2n) is 2.83. The van der Waals surface area contributed by atoms with Gasteiger partial charge in [0.2, 0.25) is 0 Å². The van der Waals surface area contributed by atoms with Crippen LogP contribution in [0.25, 0.3) is 0 Å². The van der Waals surface area contributed by atoms with Crippen LogP contribution in [0.1, 0.15) is 15.4 Å². The molecule has 0 fully saturated rings. The van der Waals surface area contributed by atoms with Gasteiger partial charge >= 0.3 is 5.97 Å². The average molecular weight is 230 g/mol. The third-order valence-corrected chi connectivity index (χ3v) is 2.69. The van der Waals surface area contributed by atoms with Crippen molar-refractivity contribution in [3.63, 3.8) is 0 Å². The Hall–Kier alpha value is -1.14. The highest BCUT2D eigenvalue weighted by molar-refractivity contribution is 7.15. The van der Waals surface area contributed by atoms with Crippen LogP contribution in [0.15, 0.2) is 0 Å².